The summed E-state index contributed by atoms with van der Waals surface area (Å²) in [5, 5.41) is 2.99. The molecule has 0 unspecified atom stereocenters. The maximum absolute atomic E-state index is 13.0. The van der Waals surface area contributed by atoms with Crippen molar-refractivity contribution in [2.24, 2.45) is 0 Å². The predicted octanol–water partition coefficient (Wildman–Crippen LogP) is 4.15. The van der Waals surface area contributed by atoms with Crippen molar-refractivity contribution >= 4 is 21.6 Å². The molecule has 0 spiro atoms. The molecule has 1 amide bonds. The molecule has 0 aromatic heterocycles. The molecule has 0 heterocycles. The van der Waals surface area contributed by atoms with Crippen molar-refractivity contribution in [2.45, 2.75) is 19.4 Å². The number of rotatable bonds is 10. The van der Waals surface area contributed by atoms with Crippen molar-refractivity contribution < 1.29 is 17.9 Å². The third-order valence-corrected chi connectivity index (χ3v) is 6.00. The van der Waals surface area contributed by atoms with Gasteiger partial charge in [-0.05, 0) is 41.8 Å². The number of benzene rings is 3. The zero-order valence-corrected chi connectivity index (χ0v) is 19.1. The molecule has 0 atom stereocenters. The molecule has 0 aliphatic carbocycles. The number of amides is 1. The molecule has 3 aromatic rings. The molecule has 0 saturated carbocycles. The van der Waals surface area contributed by atoms with Crippen molar-refractivity contribution in [1.82, 2.24) is 5.32 Å². The van der Waals surface area contributed by atoms with E-state index in [0.29, 0.717) is 18.0 Å². The minimum absolute atomic E-state index is 0.329. The van der Waals surface area contributed by atoms with E-state index in [0.717, 1.165) is 28.1 Å². The summed E-state index contributed by atoms with van der Waals surface area (Å²) >= 11 is 0. The van der Waals surface area contributed by atoms with Gasteiger partial charge >= 0.3 is 0 Å². The van der Waals surface area contributed by atoms with Crippen molar-refractivity contribution in [2.75, 3.05) is 23.7 Å². The summed E-state index contributed by atoms with van der Waals surface area (Å²) in [6.45, 7) is 2.26. The fraction of sp³-hybridized carbons (Fsp3) is 0.240. The Morgan fingerprint density at radius 3 is 1.91 bits per heavy atom. The zero-order valence-electron chi connectivity index (χ0n) is 18.3. The SMILES string of the molecule is CCCOc1ccc(N(CC(=O)NC(c2ccccc2)c2ccccc2)S(C)(=O)=O)cc1. The highest BCUT2D eigenvalue weighted by atomic mass is 32.2. The second kappa shape index (κ2) is 10.8. The molecule has 3 rings (SSSR count). The van der Waals surface area contributed by atoms with Gasteiger partial charge in [-0.1, -0.05) is 67.6 Å². The highest BCUT2D eigenvalue weighted by Crippen LogP contribution is 2.24. The van der Waals surface area contributed by atoms with E-state index in [4.69, 9.17) is 4.74 Å². The zero-order chi connectivity index (χ0) is 23.0. The van der Waals surface area contributed by atoms with E-state index in [1.54, 1.807) is 24.3 Å². The molecular weight excluding hydrogens is 424 g/mol. The molecule has 0 bridgehead atoms. The first-order valence-corrected chi connectivity index (χ1v) is 12.3. The predicted molar refractivity (Wildman–Crippen MR) is 127 cm³/mol. The van der Waals surface area contributed by atoms with Crippen LogP contribution in [0, 0.1) is 0 Å². The van der Waals surface area contributed by atoms with E-state index in [1.165, 1.54) is 0 Å². The maximum atomic E-state index is 13.0. The molecule has 6 nitrogen and oxygen atoms in total. The molecule has 0 aliphatic heterocycles. The number of carbonyl (C=O) groups is 1. The van der Waals surface area contributed by atoms with E-state index in [1.807, 2.05) is 67.6 Å². The number of hydrogen-bond acceptors (Lipinski definition) is 4. The molecule has 0 radical (unpaired) electrons. The molecule has 1 N–H and O–H groups in total. The highest BCUT2D eigenvalue weighted by Gasteiger charge is 2.23. The molecule has 168 valence electrons. The van der Waals surface area contributed by atoms with Crippen LogP contribution in [0.5, 0.6) is 5.75 Å². The summed E-state index contributed by atoms with van der Waals surface area (Å²) in [5.41, 5.74) is 2.23. The Kier molecular flexibility index (Phi) is 7.89. The van der Waals surface area contributed by atoms with Crippen LogP contribution in [0.2, 0.25) is 0 Å². The summed E-state index contributed by atoms with van der Waals surface area (Å²) in [6, 6.07) is 25.5. The van der Waals surface area contributed by atoms with Crippen LogP contribution in [0.4, 0.5) is 5.69 Å². The lowest BCUT2D eigenvalue weighted by molar-refractivity contribution is -0.120. The number of ether oxygens (including phenoxy) is 1. The van der Waals surface area contributed by atoms with Gasteiger partial charge in [-0.15, -0.1) is 0 Å². The van der Waals surface area contributed by atoms with Gasteiger partial charge in [-0.3, -0.25) is 9.10 Å². The molecule has 32 heavy (non-hydrogen) atoms. The fourth-order valence-electron chi connectivity index (χ4n) is 3.32. The van der Waals surface area contributed by atoms with Crippen LogP contribution in [0.1, 0.15) is 30.5 Å². The Morgan fingerprint density at radius 2 is 1.44 bits per heavy atom. The minimum atomic E-state index is -3.68. The molecular formula is C25H28N2O4S. The van der Waals surface area contributed by atoms with Gasteiger partial charge in [0.2, 0.25) is 15.9 Å². The van der Waals surface area contributed by atoms with Crippen LogP contribution in [0.15, 0.2) is 84.9 Å². The van der Waals surface area contributed by atoms with E-state index in [9.17, 15) is 13.2 Å². The number of nitrogens with one attached hydrogen (secondary N) is 1. The van der Waals surface area contributed by atoms with Gasteiger partial charge in [0.05, 0.1) is 24.6 Å². The van der Waals surface area contributed by atoms with Crippen LogP contribution in [-0.4, -0.2) is 33.7 Å². The summed E-state index contributed by atoms with van der Waals surface area (Å²) in [5.74, 6) is 0.251. The minimum Gasteiger partial charge on any atom is -0.494 e. The number of sulfonamides is 1. The second-order valence-electron chi connectivity index (χ2n) is 7.43. The Balaban J connectivity index is 1.81. The van der Waals surface area contributed by atoms with Crippen molar-refractivity contribution in [1.29, 1.82) is 0 Å². The lowest BCUT2D eigenvalue weighted by Gasteiger charge is -2.25. The van der Waals surface area contributed by atoms with Gasteiger partial charge in [0, 0.05) is 0 Å². The first kappa shape index (κ1) is 23.3. The number of carbonyl (C=O) groups excluding carboxylic acids is 1. The lowest BCUT2D eigenvalue weighted by Crippen LogP contribution is -2.41. The first-order valence-electron chi connectivity index (χ1n) is 10.5. The second-order valence-corrected chi connectivity index (χ2v) is 9.34. The third kappa shape index (κ3) is 6.34. The van der Waals surface area contributed by atoms with Crippen LogP contribution < -0.4 is 14.4 Å². The standard InChI is InChI=1S/C25H28N2O4S/c1-3-18-31-23-16-14-22(15-17-23)27(32(2,29)30)19-24(28)26-25(20-10-6-4-7-11-20)21-12-8-5-9-13-21/h4-17,25H,3,18-19H2,1-2H3,(H,26,28). The maximum Gasteiger partial charge on any atom is 0.241 e. The largest absolute Gasteiger partial charge is 0.494 e. The summed E-state index contributed by atoms with van der Waals surface area (Å²) in [4.78, 5) is 13.0. The fourth-order valence-corrected chi connectivity index (χ4v) is 4.17. The highest BCUT2D eigenvalue weighted by molar-refractivity contribution is 7.92. The summed E-state index contributed by atoms with van der Waals surface area (Å²) in [6.07, 6.45) is 1.97. The first-order chi connectivity index (χ1) is 15.4. The Bertz CT molecular complexity index is 1060. The average molecular weight is 453 g/mol. The van der Waals surface area contributed by atoms with Crippen LogP contribution in [0.25, 0.3) is 0 Å². The van der Waals surface area contributed by atoms with Crippen molar-refractivity contribution in [3.8, 4) is 5.75 Å². The molecule has 7 heteroatoms. The number of hydrogen-bond donors (Lipinski definition) is 1. The molecule has 3 aromatic carbocycles. The molecule has 0 fully saturated rings. The van der Waals surface area contributed by atoms with E-state index in [2.05, 4.69) is 5.32 Å². The van der Waals surface area contributed by atoms with Gasteiger partial charge < -0.3 is 10.1 Å². The Morgan fingerprint density at radius 1 is 0.906 bits per heavy atom. The summed E-state index contributed by atoms with van der Waals surface area (Å²) < 4.78 is 31.6. The van der Waals surface area contributed by atoms with Crippen LogP contribution in [0.3, 0.4) is 0 Å². The van der Waals surface area contributed by atoms with Gasteiger partial charge in [0.25, 0.3) is 0 Å². The van der Waals surface area contributed by atoms with Crippen LogP contribution >= 0.6 is 0 Å². The number of nitrogens with zero attached hydrogens (tertiary/aromatic N) is 1. The van der Waals surface area contributed by atoms with E-state index >= 15 is 0 Å². The van der Waals surface area contributed by atoms with Gasteiger partial charge in [-0.25, -0.2) is 8.42 Å². The monoisotopic (exact) mass is 452 g/mol. The van der Waals surface area contributed by atoms with Gasteiger partial charge in [0.1, 0.15) is 12.3 Å². The van der Waals surface area contributed by atoms with E-state index < -0.39 is 22.0 Å². The van der Waals surface area contributed by atoms with Crippen molar-refractivity contribution in [3.63, 3.8) is 0 Å². The van der Waals surface area contributed by atoms with E-state index in [-0.39, 0.29) is 6.54 Å². The third-order valence-electron chi connectivity index (χ3n) is 4.86. The van der Waals surface area contributed by atoms with Crippen LogP contribution in [-0.2, 0) is 14.8 Å². The normalized spacial score (nSPS) is 11.2. The smallest absolute Gasteiger partial charge is 0.241 e. The Hall–Kier alpha value is -3.32. The number of anilines is 1. The van der Waals surface area contributed by atoms with Gasteiger partial charge in [-0.2, -0.15) is 0 Å². The summed E-state index contributed by atoms with van der Waals surface area (Å²) in [7, 11) is -3.68. The Labute approximate surface area is 189 Å². The van der Waals surface area contributed by atoms with Crippen molar-refractivity contribution in [3.05, 3.63) is 96.1 Å². The lowest BCUT2D eigenvalue weighted by atomic mass is 9.99. The topological polar surface area (TPSA) is 75.7 Å². The van der Waals surface area contributed by atoms with Gasteiger partial charge in [0.15, 0.2) is 0 Å². The average Bonchev–Trinajstić information content (AvgIpc) is 2.80. The quantitative estimate of drug-likeness (QED) is 0.501. The molecule has 0 aliphatic rings. The molecule has 0 saturated heterocycles.